The molecule has 2 heterocycles. The van der Waals surface area contributed by atoms with Crippen molar-refractivity contribution in [1.82, 2.24) is 9.97 Å². The maximum absolute atomic E-state index is 11.2. The number of fused-ring (bicyclic) bond motifs is 1. The standard InChI is InChI=1S/C34H44N2O2S2/c1-31(2,3)21-13-19(27(37)23(17-21)33(7,8)9)15-25-35-29-30(39-25)36-26(40-29)16-20-14-22(32(4,5)6)18-24(28(20)38)34(10,11)12/h13-18,37-38H,1-12H3/b25-15+,26-16+. The number of aromatic nitrogens is 2. The third-order valence-electron chi connectivity index (χ3n) is 7.19. The first-order chi connectivity index (χ1) is 18.1. The Kier molecular flexibility index (Phi) is 7.56. The summed E-state index contributed by atoms with van der Waals surface area (Å²) in [7, 11) is 0. The van der Waals surface area contributed by atoms with Crippen molar-refractivity contribution in [3.05, 3.63) is 67.0 Å². The average Bonchev–Trinajstić information content (AvgIpc) is 3.31. The van der Waals surface area contributed by atoms with Crippen molar-refractivity contribution in [1.29, 1.82) is 0 Å². The second-order valence-electron chi connectivity index (χ2n) is 14.9. The van der Waals surface area contributed by atoms with Gasteiger partial charge in [-0.2, -0.15) is 0 Å². The lowest BCUT2D eigenvalue weighted by Crippen LogP contribution is -2.17. The van der Waals surface area contributed by atoms with Crippen LogP contribution in [0.15, 0.2) is 24.3 Å². The van der Waals surface area contributed by atoms with E-state index in [1.165, 1.54) is 33.8 Å². The zero-order chi connectivity index (χ0) is 30.0. The number of hydrogen-bond acceptors (Lipinski definition) is 6. The fourth-order valence-electron chi connectivity index (χ4n) is 4.61. The van der Waals surface area contributed by atoms with Crippen LogP contribution in [0.3, 0.4) is 0 Å². The summed E-state index contributed by atoms with van der Waals surface area (Å²) in [5, 5.41) is 22.4. The predicted octanol–water partition coefficient (Wildman–Crippen LogP) is 8.01. The molecule has 4 aromatic rings. The highest BCUT2D eigenvalue weighted by Crippen LogP contribution is 2.39. The summed E-state index contributed by atoms with van der Waals surface area (Å²) in [5.41, 5.74) is 5.33. The smallest absolute Gasteiger partial charge is 0.155 e. The zero-order valence-electron chi connectivity index (χ0n) is 26.1. The van der Waals surface area contributed by atoms with E-state index in [0.717, 1.165) is 41.2 Å². The van der Waals surface area contributed by atoms with Gasteiger partial charge in [0.25, 0.3) is 0 Å². The Balaban J connectivity index is 1.83. The molecular formula is C34H44N2O2S2. The molecule has 0 fully saturated rings. The molecule has 0 bridgehead atoms. The second kappa shape index (κ2) is 9.99. The molecule has 0 aliphatic carbocycles. The Morgan fingerprint density at radius 1 is 0.525 bits per heavy atom. The van der Waals surface area contributed by atoms with Crippen molar-refractivity contribution in [3.63, 3.8) is 0 Å². The minimum Gasteiger partial charge on any atom is -0.507 e. The summed E-state index contributed by atoms with van der Waals surface area (Å²) in [6.45, 7) is 25.9. The Morgan fingerprint density at radius 3 is 1.12 bits per heavy atom. The van der Waals surface area contributed by atoms with Gasteiger partial charge in [0, 0.05) is 22.3 Å². The van der Waals surface area contributed by atoms with Gasteiger partial charge in [-0.15, -0.1) is 0 Å². The van der Waals surface area contributed by atoms with Crippen molar-refractivity contribution in [2.75, 3.05) is 0 Å². The quantitative estimate of drug-likeness (QED) is 0.254. The van der Waals surface area contributed by atoms with Crippen molar-refractivity contribution >= 4 is 44.5 Å². The first kappa shape index (κ1) is 30.3. The zero-order valence-corrected chi connectivity index (χ0v) is 27.7. The van der Waals surface area contributed by atoms with Crippen LogP contribution in [0.4, 0.5) is 0 Å². The van der Waals surface area contributed by atoms with Gasteiger partial charge in [-0.05, 0) is 57.1 Å². The van der Waals surface area contributed by atoms with E-state index in [-0.39, 0.29) is 21.7 Å². The molecule has 2 aromatic heterocycles. The Morgan fingerprint density at radius 2 is 0.850 bits per heavy atom. The number of phenols is 2. The number of hydrogen-bond donors (Lipinski definition) is 2. The highest BCUT2D eigenvalue weighted by atomic mass is 32.1. The molecule has 0 amide bonds. The SMILES string of the molecule is CC(C)(C)c1cc(/C=c2\nc3s/c(=C/c4cc(C(C)(C)C)cc(C(C)(C)C)c4O)nc3s2)c(O)c(C(C)(C)C)c1. The molecule has 4 rings (SSSR count). The topological polar surface area (TPSA) is 66.2 Å². The first-order valence-corrected chi connectivity index (χ1v) is 15.5. The van der Waals surface area contributed by atoms with E-state index in [1.807, 2.05) is 12.2 Å². The number of aromatic hydroxyl groups is 2. The van der Waals surface area contributed by atoms with Crippen molar-refractivity contribution in [2.24, 2.45) is 0 Å². The van der Waals surface area contributed by atoms with Gasteiger partial charge < -0.3 is 10.2 Å². The monoisotopic (exact) mass is 576 g/mol. The summed E-state index contributed by atoms with van der Waals surface area (Å²) < 4.78 is 1.63. The van der Waals surface area contributed by atoms with Gasteiger partial charge in [0.15, 0.2) is 9.66 Å². The number of phenolic OH excluding ortho intramolecular Hbond substituents is 2. The summed E-state index contributed by atoms with van der Waals surface area (Å²) in [5.74, 6) is 0.620. The van der Waals surface area contributed by atoms with Gasteiger partial charge in [0.1, 0.15) is 20.8 Å². The predicted molar refractivity (Wildman–Crippen MR) is 173 cm³/mol. The maximum Gasteiger partial charge on any atom is 0.155 e. The minimum atomic E-state index is -0.188. The molecule has 2 aromatic carbocycles. The fraction of sp³-hybridized carbons (Fsp3) is 0.471. The second-order valence-corrected chi connectivity index (χ2v) is 16.9. The molecule has 0 aliphatic rings. The summed E-state index contributed by atoms with van der Waals surface area (Å²) in [6, 6.07) is 8.41. The van der Waals surface area contributed by atoms with Crippen LogP contribution >= 0.6 is 22.7 Å². The van der Waals surface area contributed by atoms with E-state index >= 15 is 0 Å². The third-order valence-corrected chi connectivity index (χ3v) is 9.12. The van der Waals surface area contributed by atoms with Gasteiger partial charge in [-0.25, -0.2) is 9.97 Å². The van der Waals surface area contributed by atoms with Crippen molar-refractivity contribution in [3.8, 4) is 11.5 Å². The summed E-state index contributed by atoms with van der Waals surface area (Å²) in [6.07, 6.45) is 3.94. The van der Waals surface area contributed by atoms with Gasteiger partial charge in [-0.3, -0.25) is 0 Å². The van der Waals surface area contributed by atoms with Gasteiger partial charge >= 0.3 is 0 Å². The van der Waals surface area contributed by atoms with E-state index in [4.69, 9.17) is 9.97 Å². The van der Waals surface area contributed by atoms with E-state index in [1.54, 1.807) is 0 Å². The van der Waals surface area contributed by atoms with Crippen molar-refractivity contribution < 1.29 is 10.2 Å². The molecule has 4 nitrogen and oxygen atoms in total. The molecule has 0 saturated carbocycles. The molecule has 0 saturated heterocycles. The van der Waals surface area contributed by atoms with Gasteiger partial charge in [0.2, 0.25) is 0 Å². The van der Waals surface area contributed by atoms with Crippen LogP contribution in [0.1, 0.15) is 116 Å². The van der Waals surface area contributed by atoms with Crippen LogP contribution in [0.5, 0.6) is 11.5 Å². The maximum atomic E-state index is 11.2. The molecule has 214 valence electrons. The number of benzene rings is 2. The van der Waals surface area contributed by atoms with E-state index < -0.39 is 0 Å². The van der Waals surface area contributed by atoms with E-state index in [2.05, 4.69) is 107 Å². The highest BCUT2D eigenvalue weighted by Gasteiger charge is 2.26. The molecule has 0 radical (unpaired) electrons. The molecule has 6 heteroatoms. The molecule has 0 aliphatic heterocycles. The van der Waals surface area contributed by atoms with Gasteiger partial charge in [0.05, 0.1) is 0 Å². The number of rotatable bonds is 2. The molecular weight excluding hydrogens is 533 g/mol. The van der Waals surface area contributed by atoms with E-state index in [9.17, 15) is 10.2 Å². The molecule has 0 spiro atoms. The first-order valence-electron chi connectivity index (χ1n) is 13.9. The average molecular weight is 577 g/mol. The third kappa shape index (κ3) is 6.28. The Labute approximate surface area is 247 Å². The lowest BCUT2D eigenvalue weighted by molar-refractivity contribution is 0.442. The lowest BCUT2D eigenvalue weighted by Gasteiger charge is -2.27. The van der Waals surface area contributed by atoms with Crippen molar-refractivity contribution in [2.45, 2.75) is 105 Å². The van der Waals surface area contributed by atoms with Crippen LogP contribution in [-0.4, -0.2) is 20.2 Å². The molecule has 40 heavy (non-hydrogen) atoms. The fourth-order valence-corrected chi connectivity index (χ4v) is 6.57. The molecule has 0 unspecified atom stereocenters. The number of nitrogens with zero attached hydrogens (tertiary/aromatic N) is 2. The van der Waals surface area contributed by atoms with Crippen LogP contribution in [-0.2, 0) is 21.7 Å². The minimum absolute atomic E-state index is 0.0471. The van der Waals surface area contributed by atoms with Crippen LogP contribution in [0.25, 0.3) is 21.8 Å². The molecule has 0 atom stereocenters. The summed E-state index contributed by atoms with van der Waals surface area (Å²) >= 11 is 3.03. The van der Waals surface area contributed by atoms with Crippen LogP contribution in [0, 0.1) is 0 Å². The largest absolute Gasteiger partial charge is 0.507 e. The van der Waals surface area contributed by atoms with E-state index in [0.29, 0.717) is 11.5 Å². The highest BCUT2D eigenvalue weighted by molar-refractivity contribution is 7.24. The Bertz CT molecular complexity index is 1540. The summed E-state index contributed by atoms with van der Waals surface area (Å²) in [4.78, 5) is 11.4. The molecule has 2 N–H and O–H groups in total. The lowest BCUT2D eigenvalue weighted by atomic mass is 9.79. The van der Waals surface area contributed by atoms with Gasteiger partial charge in [-0.1, -0.05) is 118 Å². The number of thiazole rings is 2. The van der Waals surface area contributed by atoms with Crippen LogP contribution < -0.4 is 9.33 Å². The normalized spacial score (nSPS) is 14.5. The Hall–Kier alpha value is -2.70. The van der Waals surface area contributed by atoms with Crippen LogP contribution in [0.2, 0.25) is 0 Å².